The highest BCUT2D eigenvalue weighted by Gasteiger charge is 2.17. The molecule has 8 nitrogen and oxygen atoms in total. The molecule has 2 aromatic carbocycles. The molecule has 30 heavy (non-hydrogen) atoms. The van der Waals surface area contributed by atoms with E-state index in [1.807, 2.05) is 0 Å². The number of hydrogen-bond donors (Lipinski definition) is 1. The summed E-state index contributed by atoms with van der Waals surface area (Å²) in [5, 5.41) is 6.75. The Morgan fingerprint density at radius 2 is 1.67 bits per heavy atom. The molecule has 0 spiro atoms. The summed E-state index contributed by atoms with van der Waals surface area (Å²) in [5.74, 6) is -0.903. The fourth-order valence-corrected chi connectivity index (χ4v) is 3.50. The van der Waals surface area contributed by atoms with E-state index in [1.54, 1.807) is 0 Å². The molecule has 1 heterocycles. The molecule has 0 saturated heterocycles. The lowest BCUT2D eigenvalue weighted by atomic mass is 10.1. The number of nitrogens with one attached hydrogen (secondary N) is 1. The van der Waals surface area contributed by atoms with E-state index in [9.17, 15) is 22.4 Å². The second-order valence-electron chi connectivity index (χ2n) is 6.58. The van der Waals surface area contributed by atoms with Gasteiger partial charge in [0.25, 0.3) is 5.56 Å². The van der Waals surface area contributed by atoms with Gasteiger partial charge in [0.15, 0.2) is 0 Å². The summed E-state index contributed by atoms with van der Waals surface area (Å²) >= 11 is 0. The molecule has 10 heteroatoms. The zero-order valence-corrected chi connectivity index (χ0v) is 17.1. The van der Waals surface area contributed by atoms with Crippen molar-refractivity contribution in [3.63, 3.8) is 0 Å². The van der Waals surface area contributed by atoms with E-state index in [1.165, 1.54) is 74.8 Å². The van der Waals surface area contributed by atoms with Gasteiger partial charge in [0.2, 0.25) is 15.9 Å². The Kier molecular flexibility index (Phi) is 6.09. The number of rotatable bonds is 6. The van der Waals surface area contributed by atoms with Crippen LogP contribution in [0.15, 0.2) is 70.4 Å². The lowest BCUT2D eigenvalue weighted by Crippen LogP contribution is -2.29. The van der Waals surface area contributed by atoms with Crippen LogP contribution in [0.5, 0.6) is 0 Å². The van der Waals surface area contributed by atoms with E-state index < -0.39 is 27.3 Å². The molecule has 0 aliphatic heterocycles. The number of aromatic nitrogens is 2. The van der Waals surface area contributed by atoms with Crippen LogP contribution in [0.2, 0.25) is 0 Å². The number of hydrogen-bond acceptors (Lipinski definition) is 5. The quantitative estimate of drug-likeness (QED) is 0.644. The van der Waals surface area contributed by atoms with Crippen molar-refractivity contribution in [3.05, 3.63) is 76.8 Å². The van der Waals surface area contributed by atoms with E-state index in [2.05, 4.69) is 10.4 Å². The van der Waals surface area contributed by atoms with Crippen molar-refractivity contribution in [2.75, 3.05) is 19.4 Å². The molecule has 0 aliphatic carbocycles. The number of carbonyl (C=O) groups is 1. The van der Waals surface area contributed by atoms with Gasteiger partial charge in [0.1, 0.15) is 12.4 Å². The maximum absolute atomic E-state index is 13.1. The molecule has 0 saturated carbocycles. The summed E-state index contributed by atoms with van der Waals surface area (Å²) in [5.41, 5.74) is 0.924. The molecule has 1 N–H and O–H groups in total. The van der Waals surface area contributed by atoms with E-state index in [-0.39, 0.29) is 11.4 Å². The Bertz CT molecular complexity index is 1220. The molecule has 156 valence electrons. The smallest absolute Gasteiger partial charge is 0.267 e. The maximum atomic E-state index is 13.1. The first kappa shape index (κ1) is 21.3. The van der Waals surface area contributed by atoms with Crippen LogP contribution in [0, 0.1) is 5.82 Å². The van der Waals surface area contributed by atoms with Gasteiger partial charge in [0, 0.05) is 31.4 Å². The second kappa shape index (κ2) is 8.56. The molecule has 0 atom stereocenters. The predicted octanol–water partition coefficient (Wildman–Crippen LogP) is 1.94. The van der Waals surface area contributed by atoms with E-state index in [4.69, 9.17) is 0 Å². The van der Waals surface area contributed by atoms with Gasteiger partial charge in [-0.3, -0.25) is 9.59 Å². The van der Waals surface area contributed by atoms with Crippen LogP contribution in [-0.2, 0) is 21.4 Å². The lowest BCUT2D eigenvalue weighted by Gasteiger charge is -2.12. The Balaban J connectivity index is 1.74. The van der Waals surface area contributed by atoms with Crippen LogP contribution in [0.3, 0.4) is 0 Å². The summed E-state index contributed by atoms with van der Waals surface area (Å²) in [4.78, 5) is 24.5. The van der Waals surface area contributed by atoms with Crippen LogP contribution in [-0.4, -0.2) is 42.5 Å². The highest BCUT2D eigenvalue weighted by atomic mass is 32.2. The molecular weight excluding hydrogens is 411 g/mol. The Morgan fingerprint density at radius 1 is 1.03 bits per heavy atom. The number of anilines is 1. The number of amides is 1. The Hall–Kier alpha value is -3.37. The van der Waals surface area contributed by atoms with Gasteiger partial charge >= 0.3 is 0 Å². The van der Waals surface area contributed by atoms with Crippen molar-refractivity contribution in [2.45, 2.75) is 11.4 Å². The summed E-state index contributed by atoms with van der Waals surface area (Å²) in [6, 6.07) is 14.0. The highest BCUT2D eigenvalue weighted by Crippen LogP contribution is 2.17. The number of halogens is 1. The standard InChI is InChI=1S/C20H19FN4O4S/c1-24(2)30(28,29)17-9-7-16(8-10-17)22-19(26)13-25-20(27)12-11-18(23-25)14-3-5-15(21)6-4-14/h3-12H,13H2,1-2H3,(H,22,26). The van der Waals surface area contributed by atoms with Gasteiger partial charge in [-0.1, -0.05) is 0 Å². The van der Waals surface area contributed by atoms with Crippen LogP contribution in [0.25, 0.3) is 11.3 Å². The minimum Gasteiger partial charge on any atom is -0.324 e. The lowest BCUT2D eigenvalue weighted by molar-refractivity contribution is -0.117. The molecule has 0 aliphatic rings. The summed E-state index contributed by atoms with van der Waals surface area (Å²) in [6.07, 6.45) is 0. The monoisotopic (exact) mass is 430 g/mol. The SMILES string of the molecule is CN(C)S(=O)(=O)c1ccc(NC(=O)Cn2nc(-c3ccc(F)cc3)ccc2=O)cc1. The first-order valence-electron chi connectivity index (χ1n) is 8.83. The highest BCUT2D eigenvalue weighted by molar-refractivity contribution is 7.89. The van der Waals surface area contributed by atoms with Gasteiger partial charge < -0.3 is 5.32 Å². The third-order valence-electron chi connectivity index (χ3n) is 4.22. The zero-order valence-electron chi connectivity index (χ0n) is 16.2. The predicted molar refractivity (Wildman–Crippen MR) is 110 cm³/mol. The summed E-state index contributed by atoms with van der Waals surface area (Å²) in [6.45, 7) is -0.342. The largest absolute Gasteiger partial charge is 0.324 e. The zero-order chi connectivity index (χ0) is 21.9. The van der Waals surface area contributed by atoms with Gasteiger partial charge in [-0.25, -0.2) is 21.8 Å². The number of nitrogens with zero attached hydrogens (tertiary/aromatic N) is 3. The third-order valence-corrected chi connectivity index (χ3v) is 6.05. The van der Waals surface area contributed by atoms with Crippen molar-refractivity contribution in [1.82, 2.24) is 14.1 Å². The van der Waals surface area contributed by atoms with Crippen molar-refractivity contribution in [1.29, 1.82) is 0 Å². The van der Waals surface area contributed by atoms with Crippen LogP contribution >= 0.6 is 0 Å². The Labute approximate surface area is 172 Å². The second-order valence-corrected chi connectivity index (χ2v) is 8.73. The average Bonchev–Trinajstić information content (AvgIpc) is 2.70. The van der Waals surface area contributed by atoms with Crippen molar-refractivity contribution < 1.29 is 17.6 Å². The normalized spacial score (nSPS) is 11.5. The van der Waals surface area contributed by atoms with Crippen molar-refractivity contribution in [2.24, 2.45) is 0 Å². The number of carbonyl (C=O) groups excluding carboxylic acids is 1. The Morgan fingerprint density at radius 3 is 2.27 bits per heavy atom. The number of sulfonamides is 1. The first-order chi connectivity index (χ1) is 14.2. The minimum atomic E-state index is -3.57. The average molecular weight is 430 g/mol. The first-order valence-corrected chi connectivity index (χ1v) is 10.3. The van der Waals surface area contributed by atoms with Crippen LogP contribution < -0.4 is 10.9 Å². The molecule has 0 radical (unpaired) electrons. The van der Waals surface area contributed by atoms with Crippen LogP contribution in [0.4, 0.5) is 10.1 Å². The third kappa shape index (κ3) is 4.78. The van der Waals surface area contributed by atoms with E-state index in [0.717, 1.165) is 8.99 Å². The number of benzene rings is 2. The minimum absolute atomic E-state index is 0.0929. The molecular formula is C20H19FN4O4S. The molecule has 1 amide bonds. The topological polar surface area (TPSA) is 101 Å². The summed E-state index contributed by atoms with van der Waals surface area (Å²) in [7, 11) is -0.716. The maximum Gasteiger partial charge on any atom is 0.267 e. The molecule has 0 bridgehead atoms. The fourth-order valence-electron chi connectivity index (χ4n) is 2.59. The van der Waals surface area contributed by atoms with Crippen LogP contribution in [0.1, 0.15) is 0 Å². The molecule has 3 aromatic rings. The fraction of sp³-hybridized carbons (Fsp3) is 0.150. The van der Waals surface area contributed by atoms with Crippen molar-refractivity contribution in [3.8, 4) is 11.3 Å². The van der Waals surface area contributed by atoms with Gasteiger partial charge in [-0.05, 0) is 54.6 Å². The van der Waals surface area contributed by atoms with Gasteiger partial charge in [-0.15, -0.1) is 0 Å². The van der Waals surface area contributed by atoms with Gasteiger partial charge in [0.05, 0.1) is 10.6 Å². The molecule has 1 aromatic heterocycles. The molecule has 3 rings (SSSR count). The van der Waals surface area contributed by atoms with Gasteiger partial charge in [-0.2, -0.15) is 5.10 Å². The van der Waals surface area contributed by atoms with E-state index in [0.29, 0.717) is 16.9 Å². The van der Waals surface area contributed by atoms with Crippen molar-refractivity contribution >= 4 is 21.6 Å². The molecule has 0 unspecified atom stereocenters. The van der Waals surface area contributed by atoms with E-state index >= 15 is 0 Å². The summed E-state index contributed by atoms with van der Waals surface area (Å²) < 4.78 is 39.3. The molecule has 0 fully saturated rings.